The van der Waals surface area contributed by atoms with Gasteiger partial charge in [-0.2, -0.15) is 0 Å². The topological polar surface area (TPSA) is 143 Å². The fourth-order valence-electron chi connectivity index (χ4n) is 7.13. The number of aliphatic hydroxyl groups excluding tert-OH is 4. The highest BCUT2D eigenvalue weighted by Crippen LogP contribution is 2.25. The summed E-state index contributed by atoms with van der Waals surface area (Å²) in [7, 11) is 0. The van der Waals surface area contributed by atoms with Crippen LogP contribution in [0.15, 0.2) is 24.3 Å². The van der Waals surface area contributed by atoms with Crippen LogP contribution in [0, 0.1) is 0 Å². The molecule has 0 saturated carbocycles. The van der Waals surface area contributed by atoms with Gasteiger partial charge >= 0.3 is 11.9 Å². The maximum atomic E-state index is 12.8. The molecule has 0 aromatic rings. The lowest BCUT2D eigenvalue weighted by Gasteiger charge is -2.40. The highest BCUT2D eigenvalue weighted by atomic mass is 16.6. The number of ether oxygens (including phenoxy) is 3. The van der Waals surface area contributed by atoms with E-state index in [1.54, 1.807) is 0 Å². The zero-order valence-corrected chi connectivity index (χ0v) is 35.2. The zero-order valence-electron chi connectivity index (χ0n) is 35.2. The van der Waals surface area contributed by atoms with Crippen LogP contribution in [0.25, 0.3) is 0 Å². The number of allylic oxidation sites excluding steroid dienone is 4. The second kappa shape index (κ2) is 36.6. The Balaban J connectivity index is 2.34. The Bertz CT molecular complexity index is 952. The SMILES string of the molecule is CCCCCCCC/C=C\CCCCCCCC(=O)OC[C@H](CC[C@@H]1O[C@H](CO)[C@H](O)[C@H](O)[C@H]1O)OC(=O)CCCCCCC/C=C\CCCCCCCC. The lowest BCUT2D eigenvalue weighted by molar-refractivity contribution is -0.231. The van der Waals surface area contributed by atoms with Crippen molar-refractivity contribution in [3.8, 4) is 0 Å². The van der Waals surface area contributed by atoms with Gasteiger partial charge in [0.15, 0.2) is 0 Å². The van der Waals surface area contributed by atoms with Crippen LogP contribution in [0.1, 0.15) is 206 Å². The van der Waals surface area contributed by atoms with Crippen LogP contribution in [0.5, 0.6) is 0 Å². The second-order valence-electron chi connectivity index (χ2n) is 15.9. The third-order valence-corrected chi connectivity index (χ3v) is 10.8. The fraction of sp³-hybridized carbons (Fsp3) is 0.870. The van der Waals surface area contributed by atoms with Gasteiger partial charge in [0.25, 0.3) is 0 Å². The van der Waals surface area contributed by atoms with Crippen molar-refractivity contribution in [2.75, 3.05) is 13.2 Å². The first kappa shape index (κ1) is 51.2. The van der Waals surface area contributed by atoms with E-state index in [0.29, 0.717) is 6.42 Å². The Labute approximate surface area is 336 Å². The van der Waals surface area contributed by atoms with Gasteiger partial charge in [0, 0.05) is 12.8 Å². The van der Waals surface area contributed by atoms with E-state index in [1.165, 1.54) is 89.9 Å². The highest BCUT2D eigenvalue weighted by molar-refractivity contribution is 5.70. The number of esters is 2. The minimum absolute atomic E-state index is 0.0978. The molecule has 0 aliphatic carbocycles. The van der Waals surface area contributed by atoms with Gasteiger partial charge < -0.3 is 34.6 Å². The maximum Gasteiger partial charge on any atom is 0.306 e. The standard InChI is InChI=1S/C46H84O9/c1-3-5-7-9-11-13-15-17-19-21-23-25-27-29-31-33-42(48)53-38-39(35-36-40-44(50)46(52)45(51)41(37-47)55-40)54-43(49)34-32-30-28-26-24-22-20-18-16-14-12-10-8-6-4-2/h17-20,39-41,44-47,50-52H,3-16,21-38H2,1-2H3/b19-17-,20-18-/t39-,40-,41+,44-,45-,46+/m0/s1. The Morgan fingerprint density at radius 2 is 0.945 bits per heavy atom. The molecular weight excluding hydrogens is 696 g/mol. The lowest BCUT2D eigenvalue weighted by atomic mass is 9.92. The molecule has 55 heavy (non-hydrogen) atoms. The largest absolute Gasteiger partial charge is 0.462 e. The quantitative estimate of drug-likeness (QED) is 0.0275. The summed E-state index contributed by atoms with van der Waals surface area (Å²) >= 11 is 0. The zero-order chi connectivity index (χ0) is 40.2. The Morgan fingerprint density at radius 1 is 0.545 bits per heavy atom. The predicted octanol–water partition coefficient (Wildman–Crippen LogP) is 10.1. The summed E-state index contributed by atoms with van der Waals surface area (Å²) in [6.45, 7) is 3.89. The molecule has 1 aliphatic rings. The number of hydrogen-bond acceptors (Lipinski definition) is 9. The molecule has 4 N–H and O–H groups in total. The van der Waals surface area contributed by atoms with Crippen LogP contribution < -0.4 is 0 Å². The van der Waals surface area contributed by atoms with Crippen molar-refractivity contribution in [3.63, 3.8) is 0 Å². The van der Waals surface area contributed by atoms with Crippen molar-refractivity contribution < 1.29 is 44.2 Å². The van der Waals surface area contributed by atoms with Crippen LogP contribution in [-0.4, -0.2) is 82.2 Å². The molecule has 0 bridgehead atoms. The molecule has 1 saturated heterocycles. The van der Waals surface area contributed by atoms with E-state index in [9.17, 15) is 30.0 Å². The first-order valence-corrected chi connectivity index (χ1v) is 22.8. The van der Waals surface area contributed by atoms with E-state index in [0.717, 1.165) is 77.0 Å². The van der Waals surface area contributed by atoms with Crippen molar-refractivity contribution in [2.45, 2.75) is 243 Å². The lowest BCUT2D eigenvalue weighted by Crippen LogP contribution is -2.58. The molecule has 9 heteroatoms. The van der Waals surface area contributed by atoms with Gasteiger partial charge in [-0.15, -0.1) is 0 Å². The van der Waals surface area contributed by atoms with Gasteiger partial charge in [0.1, 0.15) is 37.1 Å². The number of carbonyl (C=O) groups excluding carboxylic acids is 2. The monoisotopic (exact) mass is 781 g/mol. The molecule has 0 unspecified atom stereocenters. The molecule has 0 amide bonds. The molecule has 1 aliphatic heterocycles. The molecule has 6 atom stereocenters. The van der Waals surface area contributed by atoms with Crippen LogP contribution in [0.4, 0.5) is 0 Å². The first-order chi connectivity index (χ1) is 26.8. The molecule has 9 nitrogen and oxygen atoms in total. The summed E-state index contributed by atoms with van der Waals surface area (Å²) in [5.41, 5.74) is 0. The number of rotatable bonds is 37. The van der Waals surface area contributed by atoms with E-state index in [-0.39, 0.29) is 37.8 Å². The van der Waals surface area contributed by atoms with Crippen LogP contribution in [0.2, 0.25) is 0 Å². The van der Waals surface area contributed by atoms with Crippen LogP contribution in [0.3, 0.4) is 0 Å². The Hall–Kier alpha value is -1.78. The van der Waals surface area contributed by atoms with E-state index >= 15 is 0 Å². The second-order valence-corrected chi connectivity index (χ2v) is 15.9. The number of carbonyl (C=O) groups is 2. The van der Waals surface area contributed by atoms with Crippen LogP contribution >= 0.6 is 0 Å². The molecule has 0 spiro atoms. The van der Waals surface area contributed by atoms with Crippen LogP contribution in [-0.2, 0) is 23.8 Å². The molecule has 1 heterocycles. The van der Waals surface area contributed by atoms with Gasteiger partial charge in [0.2, 0.25) is 0 Å². The molecular formula is C46H84O9. The first-order valence-electron chi connectivity index (χ1n) is 22.8. The normalized spacial score (nSPS) is 20.7. The molecule has 1 rings (SSSR count). The summed E-state index contributed by atoms with van der Waals surface area (Å²) < 4.78 is 16.9. The average molecular weight is 781 g/mol. The fourth-order valence-corrected chi connectivity index (χ4v) is 7.13. The molecule has 0 radical (unpaired) electrons. The van der Waals surface area contributed by atoms with E-state index in [1.807, 2.05) is 0 Å². The molecule has 0 aromatic heterocycles. The van der Waals surface area contributed by atoms with E-state index in [4.69, 9.17) is 14.2 Å². The third-order valence-electron chi connectivity index (χ3n) is 10.8. The number of hydrogen-bond donors (Lipinski definition) is 4. The third kappa shape index (κ3) is 28.3. The average Bonchev–Trinajstić information content (AvgIpc) is 3.18. The maximum absolute atomic E-state index is 12.8. The van der Waals surface area contributed by atoms with Gasteiger partial charge in [-0.25, -0.2) is 0 Å². The van der Waals surface area contributed by atoms with Crippen molar-refractivity contribution in [1.82, 2.24) is 0 Å². The minimum Gasteiger partial charge on any atom is -0.462 e. The Morgan fingerprint density at radius 3 is 1.40 bits per heavy atom. The minimum atomic E-state index is -1.47. The van der Waals surface area contributed by atoms with E-state index < -0.39 is 43.2 Å². The summed E-state index contributed by atoms with van der Waals surface area (Å²) in [6.07, 6.45) is 34.0. The summed E-state index contributed by atoms with van der Waals surface area (Å²) in [5, 5.41) is 40.4. The highest BCUT2D eigenvalue weighted by Gasteiger charge is 2.43. The predicted molar refractivity (Wildman–Crippen MR) is 223 cm³/mol. The van der Waals surface area contributed by atoms with Crippen molar-refractivity contribution >= 4 is 11.9 Å². The number of aliphatic hydroxyl groups is 4. The molecule has 1 fully saturated rings. The van der Waals surface area contributed by atoms with Gasteiger partial charge in [-0.1, -0.05) is 141 Å². The van der Waals surface area contributed by atoms with Gasteiger partial charge in [-0.3, -0.25) is 9.59 Å². The summed E-state index contributed by atoms with van der Waals surface area (Å²) in [5.74, 6) is -0.687. The van der Waals surface area contributed by atoms with Crippen molar-refractivity contribution in [3.05, 3.63) is 24.3 Å². The summed E-state index contributed by atoms with van der Waals surface area (Å²) in [4.78, 5) is 25.4. The van der Waals surface area contributed by atoms with E-state index in [2.05, 4.69) is 38.2 Å². The van der Waals surface area contributed by atoms with Crippen molar-refractivity contribution in [1.29, 1.82) is 0 Å². The van der Waals surface area contributed by atoms with Gasteiger partial charge in [0.05, 0.1) is 12.7 Å². The number of unbranched alkanes of at least 4 members (excludes halogenated alkanes) is 22. The van der Waals surface area contributed by atoms with Gasteiger partial charge in [-0.05, 0) is 77.0 Å². The Kier molecular flexibility index (Phi) is 34.1. The molecule has 0 aromatic carbocycles. The molecule has 322 valence electrons. The van der Waals surface area contributed by atoms with Crippen molar-refractivity contribution in [2.24, 2.45) is 0 Å². The summed E-state index contributed by atoms with van der Waals surface area (Å²) in [6, 6.07) is 0. The smallest absolute Gasteiger partial charge is 0.306 e.